The molecule has 0 fully saturated rings. The van der Waals surface area contributed by atoms with Gasteiger partial charge in [0.05, 0.1) is 0 Å². The Balaban J connectivity index is 2.04. The Morgan fingerprint density at radius 3 is 3.11 bits per heavy atom. The number of hydrogen-bond acceptors (Lipinski definition) is 4. The van der Waals surface area contributed by atoms with Crippen molar-refractivity contribution in [3.63, 3.8) is 0 Å². The lowest BCUT2D eigenvalue weighted by Gasteiger charge is -2.04. The van der Waals surface area contributed by atoms with Crippen molar-refractivity contribution in [3.8, 4) is 11.4 Å². The predicted molar refractivity (Wildman–Crippen MR) is 71.4 cm³/mol. The minimum Gasteiger partial charge on any atom is -0.352 e. The minimum atomic E-state index is -0.102. The molecular weight excluding hydrogens is 242 g/mol. The van der Waals surface area contributed by atoms with E-state index in [9.17, 15) is 4.79 Å². The maximum atomic E-state index is 11.9. The van der Waals surface area contributed by atoms with Crippen LogP contribution in [0.5, 0.6) is 0 Å². The van der Waals surface area contributed by atoms with Gasteiger partial charge in [0.2, 0.25) is 5.82 Å². The van der Waals surface area contributed by atoms with Gasteiger partial charge >= 0.3 is 0 Å². The van der Waals surface area contributed by atoms with Gasteiger partial charge in [-0.25, -0.2) is 0 Å². The number of rotatable bonds is 5. The zero-order valence-corrected chi connectivity index (χ0v) is 10.6. The molecule has 2 N–H and O–H groups in total. The summed E-state index contributed by atoms with van der Waals surface area (Å²) in [6.07, 6.45) is 4.80. The number of aromatic amines is 1. The summed E-state index contributed by atoms with van der Waals surface area (Å²) >= 11 is 0. The summed E-state index contributed by atoms with van der Waals surface area (Å²) in [5.74, 6) is 0.374. The highest BCUT2D eigenvalue weighted by Crippen LogP contribution is 2.14. The minimum absolute atomic E-state index is 0.102. The molecule has 0 saturated heterocycles. The average molecular weight is 257 g/mol. The van der Waals surface area contributed by atoms with Gasteiger partial charge in [-0.3, -0.25) is 4.79 Å². The molecule has 0 aliphatic rings. The van der Waals surface area contributed by atoms with E-state index in [0.29, 0.717) is 17.9 Å². The molecule has 0 spiro atoms. The third-order valence-electron chi connectivity index (χ3n) is 2.56. The smallest absolute Gasteiger partial charge is 0.251 e. The molecule has 0 aliphatic carbocycles. The van der Waals surface area contributed by atoms with Crippen LogP contribution in [0, 0.1) is 0 Å². The Morgan fingerprint density at radius 2 is 2.37 bits per heavy atom. The number of hydrogen-bond donors (Lipinski definition) is 2. The van der Waals surface area contributed by atoms with E-state index in [1.165, 1.54) is 0 Å². The van der Waals surface area contributed by atoms with E-state index < -0.39 is 0 Å². The van der Waals surface area contributed by atoms with Crippen molar-refractivity contribution >= 4 is 5.91 Å². The summed E-state index contributed by atoms with van der Waals surface area (Å²) in [6.45, 7) is 2.58. The fraction of sp³-hybridized carbons (Fsp3) is 0.231. The third-order valence-corrected chi connectivity index (χ3v) is 2.56. The molecule has 2 rings (SSSR count). The Bertz CT molecular complexity index is 562. The van der Waals surface area contributed by atoms with Crippen molar-refractivity contribution in [2.24, 2.45) is 0 Å². The lowest BCUT2D eigenvalue weighted by molar-refractivity contribution is 0.0954. The van der Waals surface area contributed by atoms with Crippen molar-refractivity contribution in [1.82, 2.24) is 25.9 Å². The Kier molecular flexibility index (Phi) is 4.39. The maximum absolute atomic E-state index is 11.9. The van der Waals surface area contributed by atoms with Gasteiger partial charge in [0, 0.05) is 17.7 Å². The maximum Gasteiger partial charge on any atom is 0.251 e. The summed E-state index contributed by atoms with van der Waals surface area (Å²) in [5.41, 5.74) is 1.35. The normalized spacial score (nSPS) is 10.8. The first-order valence-electron chi connectivity index (χ1n) is 6.04. The van der Waals surface area contributed by atoms with Crippen LogP contribution in [0.2, 0.25) is 0 Å². The van der Waals surface area contributed by atoms with E-state index in [1.807, 2.05) is 25.1 Å². The number of allylic oxidation sites excluding steroid dienone is 1. The van der Waals surface area contributed by atoms with Crippen molar-refractivity contribution in [2.75, 3.05) is 6.54 Å². The van der Waals surface area contributed by atoms with Crippen molar-refractivity contribution in [2.45, 2.75) is 13.3 Å². The Labute approximate surface area is 110 Å². The highest BCUT2D eigenvalue weighted by molar-refractivity contribution is 5.95. The Hall–Kier alpha value is -2.50. The monoisotopic (exact) mass is 257 g/mol. The molecule has 98 valence electrons. The number of carbonyl (C=O) groups is 1. The largest absolute Gasteiger partial charge is 0.352 e. The molecule has 0 bridgehead atoms. The van der Waals surface area contributed by atoms with E-state index in [4.69, 9.17) is 0 Å². The molecule has 6 nitrogen and oxygen atoms in total. The van der Waals surface area contributed by atoms with Crippen LogP contribution in [-0.2, 0) is 0 Å². The molecule has 1 heterocycles. The average Bonchev–Trinajstić information content (AvgIpc) is 2.98. The number of nitrogens with zero attached hydrogens (tertiary/aromatic N) is 3. The van der Waals surface area contributed by atoms with Crippen molar-refractivity contribution in [3.05, 3.63) is 42.0 Å². The van der Waals surface area contributed by atoms with Crippen LogP contribution in [0.1, 0.15) is 23.7 Å². The van der Waals surface area contributed by atoms with E-state index in [2.05, 4.69) is 25.9 Å². The highest BCUT2D eigenvalue weighted by atomic mass is 16.1. The zero-order chi connectivity index (χ0) is 13.5. The molecular formula is C13H15N5O. The van der Waals surface area contributed by atoms with Gasteiger partial charge in [-0.2, -0.15) is 5.21 Å². The number of benzene rings is 1. The van der Waals surface area contributed by atoms with E-state index >= 15 is 0 Å². The van der Waals surface area contributed by atoms with Gasteiger partial charge in [-0.05, 0) is 30.7 Å². The second-order valence-corrected chi connectivity index (χ2v) is 3.93. The molecule has 0 unspecified atom stereocenters. The first kappa shape index (κ1) is 12.9. The number of tetrazole rings is 1. The second kappa shape index (κ2) is 6.44. The van der Waals surface area contributed by atoms with Gasteiger partial charge in [0.15, 0.2) is 0 Å². The molecule has 2 aromatic rings. The van der Waals surface area contributed by atoms with E-state index in [0.717, 1.165) is 12.0 Å². The van der Waals surface area contributed by atoms with Crippen LogP contribution >= 0.6 is 0 Å². The molecule has 1 amide bonds. The van der Waals surface area contributed by atoms with Crippen LogP contribution in [-0.4, -0.2) is 33.1 Å². The van der Waals surface area contributed by atoms with Gasteiger partial charge in [-0.1, -0.05) is 24.3 Å². The molecule has 0 aliphatic heterocycles. The summed E-state index contributed by atoms with van der Waals surface area (Å²) in [6, 6.07) is 7.14. The van der Waals surface area contributed by atoms with E-state index in [-0.39, 0.29) is 5.91 Å². The first-order chi connectivity index (χ1) is 9.31. The molecule has 0 atom stereocenters. The van der Waals surface area contributed by atoms with Crippen LogP contribution in [0.25, 0.3) is 11.4 Å². The molecule has 0 saturated carbocycles. The molecule has 0 radical (unpaired) electrons. The van der Waals surface area contributed by atoms with Crippen LogP contribution < -0.4 is 5.32 Å². The number of carbonyl (C=O) groups excluding carboxylic acids is 1. The number of amides is 1. The number of nitrogens with one attached hydrogen (secondary N) is 2. The fourth-order valence-corrected chi connectivity index (χ4v) is 1.62. The quantitative estimate of drug-likeness (QED) is 0.629. The molecule has 6 heteroatoms. The molecule has 1 aromatic heterocycles. The standard InChI is InChI=1S/C13H15N5O/c1-2-3-4-8-14-13(19)11-7-5-6-10(9-11)12-15-17-18-16-12/h2-3,5-7,9H,4,8H2,1H3,(H,14,19)(H,15,16,17,18)/b3-2+. The second-order valence-electron chi connectivity index (χ2n) is 3.93. The molecule has 1 aromatic carbocycles. The van der Waals surface area contributed by atoms with Gasteiger partial charge in [0.1, 0.15) is 0 Å². The predicted octanol–water partition coefficient (Wildman–Crippen LogP) is 1.56. The zero-order valence-electron chi connectivity index (χ0n) is 10.6. The van der Waals surface area contributed by atoms with Crippen LogP contribution in [0.15, 0.2) is 36.4 Å². The Morgan fingerprint density at radius 1 is 1.47 bits per heavy atom. The fourth-order valence-electron chi connectivity index (χ4n) is 1.62. The summed E-state index contributed by atoms with van der Waals surface area (Å²) in [4.78, 5) is 11.9. The van der Waals surface area contributed by atoms with Crippen molar-refractivity contribution in [1.29, 1.82) is 0 Å². The lowest BCUT2D eigenvalue weighted by atomic mass is 10.1. The topological polar surface area (TPSA) is 83.6 Å². The number of H-pyrrole nitrogens is 1. The summed E-state index contributed by atoms with van der Waals surface area (Å²) in [7, 11) is 0. The van der Waals surface area contributed by atoms with E-state index in [1.54, 1.807) is 18.2 Å². The van der Waals surface area contributed by atoms with Crippen molar-refractivity contribution < 1.29 is 4.79 Å². The molecule has 19 heavy (non-hydrogen) atoms. The summed E-state index contributed by atoms with van der Waals surface area (Å²) in [5, 5.41) is 16.5. The first-order valence-corrected chi connectivity index (χ1v) is 6.04. The third kappa shape index (κ3) is 3.48. The lowest BCUT2D eigenvalue weighted by Crippen LogP contribution is -2.24. The SMILES string of the molecule is C/C=C/CCNC(=O)c1cccc(-c2nn[nH]n2)c1. The van der Waals surface area contributed by atoms with Crippen LogP contribution in [0.4, 0.5) is 0 Å². The van der Waals surface area contributed by atoms with Gasteiger partial charge < -0.3 is 5.32 Å². The van der Waals surface area contributed by atoms with Gasteiger partial charge in [-0.15, -0.1) is 10.2 Å². The summed E-state index contributed by atoms with van der Waals surface area (Å²) < 4.78 is 0. The highest BCUT2D eigenvalue weighted by Gasteiger charge is 2.08. The van der Waals surface area contributed by atoms with Crippen LogP contribution in [0.3, 0.4) is 0 Å². The van der Waals surface area contributed by atoms with Gasteiger partial charge in [0.25, 0.3) is 5.91 Å². The number of aromatic nitrogens is 4.